The Morgan fingerprint density at radius 2 is 2.23 bits per heavy atom. The number of unbranched alkanes of at least 4 members (excludes halogenated alkanes) is 1. The molecule has 1 aromatic carbocycles. The van der Waals surface area contributed by atoms with E-state index in [2.05, 4.69) is 26.0 Å². The highest BCUT2D eigenvalue weighted by Crippen LogP contribution is 2.17. The van der Waals surface area contributed by atoms with Gasteiger partial charge < -0.3 is 4.74 Å². The minimum atomic E-state index is 0.821. The summed E-state index contributed by atoms with van der Waals surface area (Å²) in [5, 5.41) is 0. The summed E-state index contributed by atoms with van der Waals surface area (Å²) in [6.45, 7) is 5.13. The first-order valence-electron chi connectivity index (χ1n) is 5.00. The number of hydrogen-bond donors (Lipinski definition) is 0. The van der Waals surface area contributed by atoms with E-state index in [1.165, 1.54) is 12.0 Å². The van der Waals surface area contributed by atoms with Gasteiger partial charge >= 0.3 is 0 Å². The molecule has 0 saturated carbocycles. The molecular weight excluding hydrogens is 160 g/mol. The number of rotatable bonds is 5. The zero-order valence-electron chi connectivity index (χ0n) is 8.47. The van der Waals surface area contributed by atoms with E-state index in [4.69, 9.17) is 4.74 Å². The van der Waals surface area contributed by atoms with Crippen LogP contribution in [0.5, 0.6) is 5.75 Å². The van der Waals surface area contributed by atoms with Crippen LogP contribution in [-0.2, 0) is 6.42 Å². The monoisotopic (exact) mass is 177 g/mol. The van der Waals surface area contributed by atoms with Crippen LogP contribution < -0.4 is 4.74 Å². The topological polar surface area (TPSA) is 9.23 Å². The molecule has 1 heteroatoms. The van der Waals surface area contributed by atoms with Crippen molar-refractivity contribution in [1.29, 1.82) is 0 Å². The molecule has 0 heterocycles. The SMILES string of the molecule is CCCCOc1c[c]ccc1CC. The van der Waals surface area contributed by atoms with Gasteiger partial charge in [0.15, 0.2) is 0 Å². The molecule has 0 amide bonds. The van der Waals surface area contributed by atoms with Crippen molar-refractivity contribution in [3.63, 3.8) is 0 Å². The molecular formula is C12H17O. The summed E-state index contributed by atoms with van der Waals surface area (Å²) in [6.07, 6.45) is 3.33. The second-order valence-electron chi connectivity index (χ2n) is 3.09. The van der Waals surface area contributed by atoms with Crippen molar-refractivity contribution in [2.75, 3.05) is 6.61 Å². The molecule has 0 N–H and O–H groups in total. The molecule has 0 saturated heterocycles. The van der Waals surface area contributed by atoms with E-state index in [1.54, 1.807) is 0 Å². The Morgan fingerprint density at radius 1 is 1.38 bits per heavy atom. The van der Waals surface area contributed by atoms with E-state index in [0.717, 1.165) is 25.2 Å². The van der Waals surface area contributed by atoms with Crippen LogP contribution in [0.1, 0.15) is 32.3 Å². The second-order valence-corrected chi connectivity index (χ2v) is 3.09. The molecule has 0 atom stereocenters. The highest BCUT2D eigenvalue weighted by molar-refractivity contribution is 5.32. The van der Waals surface area contributed by atoms with Gasteiger partial charge in [-0.05, 0) is 30.5 Å². The van der Waals surface area contributed by atoms with Gasteiger partial charge in [0.25, 0.3) is 0 Å². The summed E-state index contributed by atoms with van der Waals surface area (Å²) in [6, 6.07) is 8.97. The van der Waals surface area contributed by atoms with Crippen molar-refractivity contribution in [1.82, 2.24) is 0 Å². The Hall–Kier alpha value is -0.980. The van der Waals surface area contributed by atoms with E-state index in [1.807, 2.05) is 12.1 Å². The van der Waals surface area contributed by atoms with Gasteiger partial charge in [0.2, 0.25) is 0 Å². The first-order valence-corrected chi connectivity index (χ1v) is 5.00. The van der Waals surface area contributed by atoms with Crippen LogP contribution >= 0.6 is 0 Å². The predicted octanol–water partition coefficient (Wildman–Crippen LogP) is 3.23. The first kappa shape index (κ1) is 10.1. The summed E-state index contributed by atoms with van der Waals surface area (Å²) in [5.41, 5.74) is 1.27. The van der Waals surface area contributed by atoms with Crippen molar-refractivity contribution < 1.29 is 4.74 Å². The van der Waals surface area contributed by atoms with Crippen molar-refractivity contribution in [2.24, 2.45) is 0 Å². The van der Waals surface area contributed by atoms with Gasteiger partial charge in [0, 0.05) is 0 Å². The molecule has 0 aliphatic rings. The smallest absolute Gasteiger partial charge is 0.123 e. The highest BCUT2D eigenvalue weighted by atomic mass is 16.5. The van der Waals surface area contributed by atoms with Crippen molar-refractivity contribution in [3.05, 3.63) is 29.8 Å². The maximum Gasteiger partial charge on any atom is 0.123 e. The summed E-state index contributed by atoms with van der Waals surface area (Å²) >= 11 is 0. The van der Waals surface area contributed by atoms with Crippen LogP contribution in [0, 0.1) is 6.07 Å². The first-order chi connectivity index (χ1) is 6.38. The van der Waals surface area contributed by atoms with Crippen LogP contribution in [0.2, 0.25) is 0 Å². The van der Waals surface area contributed by atoms with E-state index < -0.39 is 0 Å². The summed E-state index contributed by atoms with van der Waals surface area (Å²) in [4.78, 5) is 0. The van der Waals surface area contributed by atoms with Crippen LogP contribution in [0.25, 0.3) is 0 Å². The molecule has 0 aromatic heterocycles. The van der Waals surface area contributed by atoms with E-state index in [0.29, 0.717) is 0 Å². The molecule has 1 radical (unpaired) electrons. The summed E-state index contributed by atoms with van der Waals surface area (Å²) in [7, 11) is 0. The number of hydrogen-bond acceptors (Lipinski definition) is 1. The van der Waals surface area contributed by atoms with Gasteiger partial charge in [-0.15, -0.1) is 0 Å². The third kappa shape index (κ3) is 3.10. The zero-order valence-corrected chi connectivity index (χ0v) is 8.47. The Balaban J connectivity index is 2.54. The minimum Gasteiger partial charge on any atom is -0.493 e. The van der Waals surface area contributed by atoms with E-state index in [9.17, 15) is 0 Å². The lowest BCUT2D eigenvalue weighted by Crippen LogP contribution is -1.98. The highest BCUT2D eigenvalue weighted by Gasteiger charge is 1.99. The van der Waals surface area contributed by atoms with Crippen LogP contribution in [0.15, 0.2) is 18.2 Å². The van der Waals surface area contributed by atoms with E-state index in [-0.39, 0.29) is 0 Å². The third-order valence-electron chi connectivity index (χ3n) is 2.05. The predicted molar refractivity (Wildman–Crippen MR) is 55.1 cm³/mol. The van der Waals surface area contributed by atoms with Crippen LogP contribution in [0.3, 0.4) is 0 Å². The maximum atomic E-state index is 5.64. The number of aryl methyl sites for hydroxylation is 1. The Morgan fingerprint density at radius 3 is 2.92 bits per heavy atom. The van der Waals surface area contributed by atoms with Crippen molar-refractivity contribution >= 4 is 0 Å². The Bertz CT molecular complexity index is 243. The third-order valence-corrected chi connectivity index (χ3v) is 2.05. The normalized spacial score (nSPS) is 10.0. The molecule has 71 valence electrons. The largest absolute Gasteiger partial charge is 0.493 e. The molecule has 0 aliphatic heterocycles. The van der Waals surface area contributed by atoms with Crippen molar-refractivity contribution in [2.45, 2.75) is 33.1 Å². The van der Waals surface area contributed by atoms with Gasteiger partial charge in [-0.25, -0.2) is 0 Å². The van der Waals surface area contributed by atoms with Crippen LogP contribution in [-0.4, -0.2) is 6.61 Å². The van der Waals surface area contributed by atoms with Gasteiger partial charge in [-0.1, -0.05) is 32.4 Å². The molecule has 0 spiro atoms. The standard InChI is InChI=1S/C12H17O/c1-3-5-10-13-12-9-7-6-8-11(12)4-2/h6,8-9H,3-5,10H2,1-2H3. The van der Waals surface area contributed by atoms with Crippen molar-refractivity contribution in [3.8, 4) is 5.75 Å². The van der Waals surface area contributed by atoms with Gasteiger partial charge in [0.05, 0.1) is 6.61 Å². The molecule has 0 fully saturated rings. The molecule has 0 aliphatic carbocycles. The Kier molecular flexibility index (Phi) is 4.37. The summed E-state index contributed by atoms with van der Waals surface area (Å²) < 4.78 is 5.64. The molecule has 1 nitrogen and oxygen atoms in total. The second kappa shape index (κ2) is 5.63. The van der Waals surface area contributed by atoms with Gasteiger partial charge in [0.1, 0.15) is 5.75 Å². The molecule has 1 aromatic rings. The fourth-order valence-corrected chi connectivity index (χ4v) is 1.20. The lowest BCUT2D eigenvalue weighted by atomic mass is 10.1. The van der Waals surface area contributed by atoms with Crippen LogP contribution in [0.4, 0.5) is 0 Å². The fraction of sp³-hybridized carbons (Fsp3) is 0.500. The molecule has 13 heavy (non-hydrogen) atoms. The number of ether oxygens (including phenoxy) is 1. The van der Waals surface area contributed by atoms with E-state index >= 15 is 0 Å². The molecule has 0 unspecified atom stereocenters. The lowest BCUT2D eigenvalue weighted by Gasteiger charge is -2.08. The number of benzene rings is 1. The molecule has 1 rings (SSSR count). The quantitative estimate of drug-likeness (QED) is 0.627. The zero-order chi connectivity index (χ0) is 9.52. The summed E-state index contributed by atoms with van der Waals surface area (Å²) in [5.74, 6) is 0.999. The average molecular weight is 177 g/mol. The minimum absolute atomic E-state index is 0.821. The van der Waals surface area contributed by atoms with Gasteiger partial charge in [-0.3, -0.25) is 0 Å². The molecule has 0 bridgehead atoms. The Labute approximate surface area is 80.7 Å². The maximum absolute atomic E-state index is 5.64. The van der Waals surface area contributed by atoms with Gasteiger partial charge in [-0.2, -0.15) is 0 Å². The fourth-order valence-electron chi connectivity index (χ4n) is 1.20. The average Bonchev–Trinajstić information content (AvgIpc) is 2.19. The lowest BCUT2D eigenvalue weighted by molar-refractivity contribution is 0.306.